The summed E-state index contributed by atoms with van der Waals surface area (Å²) in [6.45, 7) is 10.1. The Labute approximate surface area is 153 Å². The zero-order valence-electron chi connectivity index (χ0n) is 15.3. The average Bonchev–Trinajstić information content (AvgIpc) is 3.27. The fourth-order valence-corrected chi connectivity index (χ4v) is 3.69. The van der Waals surface area contributed by atoms with Crippen LogP contribution in [0, 0.1) is 0 Å². The summed E-state index contributed by atoms with van der Waals surface area (Å²) in [5, 5.41) is 12.5. The fourth-order valence-electron chi connectivity index (χ4n) is 3.04. The van der Waals surface area contributed by atoms with E-state index in [-0.39, 0.29) is 0 Å². The molecule has 0 radical (unpaired) electrons. The number of rotatable bonds is 9. The summed E-state index contributed by atoms with van der Waals surface area (Å²) in [6, 6.07) is 6.54. The molecule has 25 heavy (non-hydrogen) atoms. The SMILES string of the molecule is CCN(CC)CCCC(C)Nc1ccc2ncc(-c3ccsc3)n2n1. The first-order valence-electron chi connectivity index (χ1n) is 9.07. The molecule has 5 nitrogen and oxygen atoms in total. The number of anilines is 1. The highest BCUT2D eigenvalue weighted by molar-refractivity contribution is 7.08. The molecule has 3 aromatic heterocycles. The molecule has 0 amide bonds. The molecular formula is C19H27N5S. The lowest BCUT2D eigenvalue weighted by Gasteiger charge is -2.20. The highest BCUT2D eigenvalue weighted by Gasteiger charge is 2.10. The van der Waals surface area contributed by atoms with E-state index in [1.165, 1.54) is 6.42 Å². The summed E-state index contributed by atoms with van der Waals surface area (Å²) in [6.07, 6.45) is 4.22. The van der Waals surface area contributed by atoms with Crippen LogP contribution in [-0.2, 0) is 0 Å². The second kappa shape index (κ2) is 8.45. The van der Waals surface area contributed by atoms with E-state index >= 15 is 0 Å². The van der Waals surface area contributed by atoms with Crippen molar-refractivity contribution >= 4 is 22.8 Å². The quantitative estimate of drug-likeness (QED) is 0.617. The van der Waals surface area contributed by atoms with Crippen molar-refractivity contribution in [3.05, 3.63) is 35.2 Å². The molecule has 1 N–H and O–H groups in total. The predicted octanol–water partition coefficient (Wildman–Crippen LogP) is 4.38. The first-order valence-corrected chi connectivity index (χ1v) is 10.0. The Morgan fingerprint density at radius 3 is 2.80 bits per heavy atom. The number of aromatic nitrogens is 3. The Morgan fingerprint density at radius 2 is 2.08 bits per heavy atom. The van der Waals surface area contributed by atoms with Crippen molar-refractivity contribution in [2.45, 2.75) is 39.7 Å². The van der Waals surface area contributed by atoms with Crippen LogP contribution in [0.1, 0.15) is 33.6 Å². The first kappa shape index (κ1) is 17.9. The van der Waals surface area contributed by atoms with Crippen molar-refractivity contribution < 1.29 is 0 Å². The van der Waals surface area contributed by atoms with Crippen molar-refractivity contribution in [1.29, 1.82) is 0 Å². The molecule has 0 aliphatic heterocycles. The normalized spacial score (nSPS) is 12.8. The highest BCUT2D eigenvalue weighted by atomic mass is 32.1. The lowest BCUT2D eigenvalue weighted by molar-refractivity contribution is 0.295. The summed E-state index contributed by atoms with van der Waals surface area (Å²) in [4.78, 5) is 6.92. The lowest BCUT2D eigenvalue weighted by Crippen LogP contribution is -2.25. The van der Waals surface area contributed by atoms with Crippen molar-refractivity contribution in [1.82, 2.24) is 19.5 Å². The second-order valence-corrected chi connectivity index (χ2v) is 7.14. The third-order valence-corrected chi connectivity index (χ3v) is 5.26. The van der Waals surface area contributed by atoms with E-state index in [1.54, 1.807) is 11.3 Å². The van der Waals surface area contributed by atoms with E-state index in [0.29, 0.717) is 6.04 Å². The zero-order chi connectivity index (χ0) is 17.6. The third kappa shape index (κ3) is 4.38. The number of nitrogens with zero attached hydrogens (tertiary/aromatic N) is 4. The van der Waals surface area contributed by atoms with Crippen molar-refractivity contribution in [2.24, 2.45) is 0 Å². The van der Waals surface area contributed by atoms with E-state index in [1.807, 2.05) is 22.8 Å². The topological polar surface area (TPSA) is 45.5 Å². The molecular weight excluding hydrogens is 330 g/mol. The van der Waals surface area contributed by atoms with Gasteiger partial charge in [-0.05, 0) is 63.0 Å². The largest absolute Gasteiger partial charge is 0.366 e. The molecule has 0 aliphatic rings. The first-order chi connectivity index (χ1) is 12.2. The van der Waals surface area contributed by atoms with E-state index in [9.17, 15) is 0 Å². The number of hydrogen-bond acceptors (Lipinski definition) is 5. The lowest BCUT2D eigenvalue weighted by atomic mass is 10.1. The highest BCUT2D eigenvalue weighted by Crippen LogP contribution is 2.23. The molecule has 1 atom stereocenters. The number of fused-ring (bicyclic) bond motifs is 1. The van der Waals surface area contributed by atoms with Gasteiger partial charge in [-0.2, -0.15) is 11.3 Å². The predicted molar refractivity (Wildman–Crippen MR) is 106 cm³/mol. The number of imidazole rings is 1. The van der Waals surface area contributed by atoms with Gasteiger partial charge in [0.2, 0.25) is 0 Å². The van der Waals surface area contributed by atoms with Gasteiger partial charge in [0.25, 0.3) is 0 Å². The standard InChI is InChI=1S/C19H27N5S/c1-4-23(5-2)11-6-7-15(3)21-18-8-9-19-20-13-17(24(19)22-18)16-10-12-25-14-16/h8-10,12-15H,4-7,11H2,1-3H3,(H,21,22). The van der Waals surface area contributed by atoms with Crippen LogP contribution in [0.4, 0.5) is 5.82 Å². The molecule has 0 bridgehead atoms. The third-order valence-electron chi connectivity index (χ3n) is 4.58. The molecule has 0 fully saturated rings. The van der Waals surface area contributed by atoms with Crippen LogP contribution >= 0.6 is 11.3 Å². The smallest absolute Gasteiger partial charge is 0.154 e. The minimum absolute atomic E-state index is 0.397. The van der Waals surface area contributed by atoms with E-state index < -0.39 is 0 Å². The maximum atomic E-state index is 4.74. The molecule has 134 valence electrons. The van der Waals surface area contributed by atoms with Crippen molar-refractivity contribution in [3.63, 3.8) is 0 Å². The van der Waals surface area contributed by atoms with Gasteiger partial charge >= 0.3 is 0 Å². The summed E-state index contributed by atoms with van der Waals surface area (Å²) < 4.78 is 1.92. The molecule has 0 aliphatic carbocycles. The van der Waals surface area contributed by atoms with Crippen LogP contribution in [0.25, 0.3) is 16.9 Å². The fraction of sp³-hybridized carbons (Fsp3) is 0.474. The molecule has 0 aromatic carbocycles. The Balaban J connectivity index is 1.64. The molecule has 0 saturated heterocycles. The van der Waals surface area contributed by atoms with Gasteiger partial charge in [0.1, 0.15) is 5.82 Å². The Hall–Kier alpha value is -1.92. The minimum atomic E-state index is 0.397. The molecule has 3 aromatic rings. The van der Waals surface area contributed by atoms with E-state index in [2.05, 4.69) is 52.8 Å². The maximum absolute atomic E-state index is 4.74. The van der Waals surface area contributed by atoms with Gasteiger partial charge in [-0.25, -0.2) is 9.50 Å². The van der Waals surface area contributed by atoms with Gasteiger partial charge in [0.15, 0.2) is 5.65 Å². The second-order valence-electron chi connectivity index (χ2n) is 6.36. The van der Waals surface area contributed by atoms with E-state index in [4.69, 9.17) is 5.10 Å². The van der Waals surface area contributed by atoms with Crippen LogP contribution in [0.15, 0.2) is 35.2 Å². The molecule has 3 rings (SSSR count). The van der Waals surface area contributed by atoms with Gasteiger partial charge in [0, 0.05) is 17.0 Å². The van der Waals surface area contributed by atoms with Gasteiger partial charge in [0.05, 0.1) is 11.9 Å². The van der Waals surface area contributed by atoms with E-state index in [0.717, 1.165) is 48.8 Å². The summed E-state index contributed by atoms with van der Waals surface area (Å²) in [7, 11) is 0. The molecule has 6 heteroatoms. The number of hydrogen-bond donors (Lipinski definition) is 1. The zero-order valence-corrected chi connectivity index (χ0v) is 16.1. The van der Waals surface area contributed by atoms with Crippen molar-refractivity contribution in [3.8, 4) is 11.3 Å². The molecule has 0 spiro atoms. The molecule has 1 unspecified atom stereocenters. The Kier molecular flexibility index (Phi) is 6.04. The van der Waals surface area contributed by atoms with Crippen LogP contribution < -0.4 is 5.32 Å². The van der Waals surface area contributed by atoms with Gasteiger partial charge < -0.3 is 10.2 Å². The monoisotopic (exact) mass is 357 g/mol. The van der Waals surface area contributed by atoms with Crippen molar-refractivity contribution in [2.75, 3.05) is 25.0 Å². The summed E-state index contributed by atoms with van der Waals surface area (Å²) in [5.41, 5.74) is 3.07. The van der Waals surface area contributed by atoms with Gasteiger partial charge in [-0.3, -0.25) is 0 Å². The van der Waals surface area contributed by atoms with Crippen LogP contribution in [0.3, 0.4) is 0 Å². The molecule has 0 saturated carbocycles. The maximum Gasteiger partial charge on any atom is 0.154 e. The summed E-state index contributed by atoms with van der Waals surface area (Å²) in [5.74, 6) is 0.900. The average molecular weight is 358 g/mol. The molecule has 3 heterocycles. The number of nitrogens with one attached hydrogen (secondary N) is 1. The van der Waals surface area contributed by atoms with Gasteiger partial charge in [-0.15, -0.1) is 5.10 Å². The Morgan fingerprint density at radius 1 is 1.24 bits per heavy atom. The van der Waals surface area contributed by atoms with Crippen LogP contribution in [0.5, 0.6) is 0 Å². The summed E-state index contributed by atoms with van der Waals surface area (Å²) >= 11 is 1.69. The minimum Gasteiger partial charge on any atom is -0.366 e. The Bertz CT molecular complexity index is 776. The number of thiophene rings is 1. The van der Waals surface area contributed by atoms with Crippen LogP contribution in [-0.4, -0.2) is 45.2 Å². The van der Waals surface area contributed by atoms with Gasteiger partial charge in [-0.1, -0.05) is 13.8 Å². The van der Waals surface area contributed by atoms with Crippen LogP contribution in [0.2, 0.25) is 0 Å².